The number of benzene rings is 3. The number of nitrogens with one attached hydrogen (secondary N) is 1. The van der Waals surface area contributed by atoms with Gasteiger partial charge in [-0.1, -0.05) is 29.8 Å². The molecule has 1 N–H and O–H groups in total. The Morgan fingerprint density at radius 3 is 2.52 bits per heavy atom. The van der Waals surface area contributed by atoms with Crippen LogP contribution in [-0.2, 0) is 10.3 Å². The van der Waals surface area contributed by atoms with E-state index < -0.39 is 0 Å². The number of nitrogens with zero attached hydrogens (tertiary/aromatic N) is 1. The Bertz CT molecular complexity index is 1270. The number of carbonyl (C=O) groups excluding carboxylic acids is 2. The van der Waals surface area contributed by atoms with E-state index in [2.05, 4.69) is 5.32 Å². The van der Waals surface area contributed by atoms with E-state index in [1.54, 1.807) is 18.2 Å². The van der Waals surface area contributed by atoms with Crippen molar-refractivity contribution in [2.45, 2.75) is 32.3 Å². The smallest absolute Gasteiger partial charge is 0.258 e. The van der Waals surface area contributed by atoms with Crippen molar-refractivity contribution in [2.24, 2.45) is 0 Å². The van der Waals surface area contributed by atoms with Gasteiger partial charge < -0.3 is 15.0 Å². The predicted molar refractivity (Wildman–Crippen MR) is 130 cm³/mol. The molecule has 168 valence electrons. The monoisotopic (exact) mass is 460 g/mol. The van der Waals surface area contributed by atoms with E-state index in [0.29, 0.717) is 35.0 Å². The standard InChI is InChI=1S/C27H25ClN2O3/c1-17-6-3-4-7-21(17)25(31)29-20-9-10-22(18(2)14-20)26(32)30-13-5-12-27(16-33-27)23-15-19(28)8-11-24(23)30/h3-4,6-11,14-15H,5,12-13,16H2,1-2H3,(H,29,31). The van der Waals surface area contributed by atoms with Crippen LogP contribution in [0.25, 0.3) is 0 Å². The average Bonchev–Trinajstić information content (AvgIpc) is 3.60. The summed E-state index contributed by atoms with van der Waals surface area (Å²) in [6.07, 6.45) is 1.72. The second kappa shape index (κ2) is 8.32. The minimum absolute atomic E-state index is 0.0643. The lowest BCUT2D eigenvalue weighted by atomic mass is 9.94. The summed E-state index contributed by atoms with van der Waals surface area (Å²) in [5.41, 5.74) is 5.15. The molecular weight excluding hydrogens is 436 g/mol. The van der Waals surface area contributed by atoms with Gasteiger partial charge in [0, 0.05) is 33.9 Å². The summed E-state index contributed by atoms with van der Waals surface area (Å²) in [4.78, 5) is 28.1. The molecule has 0 radical (unpaired) electrons. The number of rotatable bonds is 3. The molecule has 3 aromatic carbocycles. The summed E-state index contributed by atoms with van der Waals surface area (Å²) in [6, 6.07) is 18.5. The van der Waals surface area contributed by atoms with E-state index in [0.717, 1.165) is 35.2 Å². The molecule has 0 aromatic heterocycles. The molecule has 0 aliphatic carbocycles. The molecular formula is C27H25ClN2O3. The van der Waals surface area contributed by atoms with E-state index >= 15 is 0 Å². The van der Waals surface area contributed by atoms with E-state index in [1.807, 2.05) is 61.2 Å². The normalized spacial score (nSPS) is 19.1. The lowest BCUT2D eigenvalue weighted by molar-refractivity contribution is 0.0985. The van der Waals surface area contributed by atoms with Crippen molar-refractivity contribution in [3.63, 3.8) is 0 Å². The Morgan fingerprint density at radius 2 is 1.79 bits per heavy atom. The summed E-state index contributed by atoms with van der Waals surface area (Å²) >= 11 is 6.27. The van der Waals surface area contributed by atoms with Gasteiger partial charge in [0.2, 0.25) is 0 Å². The number of amides is 2. The molecule has 1 unspecified atom stereocenters. The molecule has 2 amide bonds. The SMILES string of the molecule is Cc1ccccc1C(=O)Nc1ccc(C(=O)N2CCCC3(CO3)c3cc(Cl)ccc32)c(C)c1. The van der Waals surface area contributed by atoms with E-state index in [4.69, 9.17) is 16.3 Å². The first-order valence-electron chi connectivity index (χ1n) is 11.1. The molecule has 1 atom stereocenters. The molecule has 1 fully saturated rings. The number of ether oxygens (including phenoxy) is 1. The minimum Gasteiger partial charge on any atom is -0.364 e. The molecule has 6 heteroatoms. The molecule has 2 aliphatic rings. The number of hydrogen-bond donors (Lipinski definition) is 1. The van der Waals surface area contributed by atoms with E-state index in [1.165, 1.54) is 0 Å². The molecule has 33 heavy (non-hydrogen) atoms. The van der Waals surface area contributed by atoms with Gasteiger partial charge >= 0.3 is 0 Å². The van der Waals surface area contributed by atoms with Gasteiger partial charge in [-0.05, 0) is 80.3 Å². The van der Waals surface area contributed by atoms with Gasteiger partial charge in [0.05, 0.1) is 12.3 Å². The van der Waals surface area contributed by atoms with Crippen LogP contribution < -0.4 is 10.2 Å². The predicted octanol–water partition coefficient (Wildman–Crippen LogP) is 5.88. The highest BCUT2D eigenvalue weighted by Crippen LogP contribution is 2.49. The molecule has 5 nitrogen and oxygen atoms in total. The first-order chi connectivity index (χ1) is 15.9. The van der Waals surface area contributed by atoms with Crippen LogP contribution in [0.1, 0.15) is 50.2 Å². The highest BCUT2D eigenvalue weighted by atomic mass is 35.5. The highest BCUT2D eigenvalue weighted by molar-refractivity contribution is 6.30. The van der Waals surface area contributed by atoms with Gasteiger partial charge in [0.25, 0.3) is 11.8 Å². The fourth-order valence-electron chi connectivity index (χ4n) is 4.64. The second-order valence-corrected chi connectivity index (χ2v) is 9.24. The van der Waals surface area contributed by atoms with Crippen molar-refractivity contribution in [3.05, 3.63) is 93.5 Å². The fraction of sp³-hybridized carbons (Fsp3) is 0.259. The number of fused-ring (bicyclic) bond motifs is 2. The molecule has 0 saturated carbocycles. The summed E-state index contributed by atoms with van der Waals surface area (Å²) in [5, 5.41) is 3.58. The molecule has 3 aromatic rings. The number of aryl methyl sites for hydroxylation is 2. The maximum absolute atomic E-state index is 13.6. The van der Waals surface area contributed by atoms with Gasteiger partial charge in [-0.2, -0.15) is 0 Å². The lowest BCUT2D eigenvalue weighted by Crippen LogP contribution is -2.32. The van der Waals surface area contributed by atoms with Gasteiger partial charge in [-0.3, -0.25) is 9.59 Å². The molecule has 1 spiro atoms. The number of anilines is 2. The van der Waals surface area contributed by atoms with Crippen LogP contribution in [0.4, 0.5) is 11.4 Å². The van der Waals surface area contributed by atoms with Crippen LogP contribution in [0.5, 0.6) is 0 Å². The Kier molecular flexibility index (Phi) is 5.47. The lowest BCUT2D eigenvalue weighted by Gasteiger charge is -2.24. The van der Waals surface area contributed by atoms with Gasteiger partial charge in [0.1, 0.15) is 5.60 Å². The maximum atomic E-state index is 13.6. The summed E-state index contributed by atoms with van der Waals surface area (Å²) in [6.45, 7) is 5.08. The van der Waals surface area contributed by atoms with Crippen molar-refractivity contribution in [3.8, 4) is 0 Å². The minimum atomic E-state index is -0.311. The zero-order valence-electron chi connectivity index (χ0n) is 18.7. The van der Waals surface area contributed by atoms with Crippen molar-refractivity contribution in [2.75, 3.05) is 23.4 Å². The molecule has 1 saturated heterocycles. The van der Waals surface area contributed by atoms with Crippen molar-refractivity contribution in [1.29, 1.82) is 0 Å². The third-order valence-corrected chi connectivity index (χ3v) is 6.78. The molecule has 2 heterocycles. The summed E-state index contributed by atoms with van der Waals surface area (Å²) in [5.74, 6) is -0.231. The van der Waals surface area contributed by atoms with Crippen LogP contribution in [0, 0.1) is 13.8 Å². The number of epoxide rings is 1. The van der Waals surface area contributed by atoms with Crippen LogP contribution in [0.2, 0.25) is 5.02 Å². The van der Waals surface area contributed by atoms with Crippen LogP contribution in [-0.4, -0.2) is 25.0 Å². The zero-order chi connectivity index (χ0) is 23.2. The third kappa shape index (κ3) is 4.03. The first-order valence-corrected chi connectivity index (χ1v) is 11.5. The Hall–Kier alpha value is -3.15. The average molecular weight is 461 g/mol. The van der Waals surface area contributed by atoms with Crippen molar-refractivity contribution >= 4 is 34.8 Å². The van der Waals surface area contributed by atoms with Crippen LogP contribution in [0.15, 0.2) is 60.7 Å². The van der Waals surface area contributed by atoms with Gasteiger partial charge in [0.15, 0.2) is 0 Å². The zero-order valence-corrected chi connectivity index (χ0v) is 19.4. The van der Waals surface area contributed by atoms with Crippen molar-refractivity contribution < 1.29 is 14.3 Å². The maximum Gasteiger partial charge on any atom is 0.258 e. The number of carbonyl (C=O) groups is 2. The Labute approximate surface area is 198 Å². The summed E-state index contributed by atoms with van der Waals surface area (Å²) < 4.78 is 5.82. The molecule has 5 rings (SSSR count). The van der Waals surface area contributed by atoms with Crippen LogP contribution in [0.3, 0.4) is 0 Å². The van der Waals surface area contributed by atoms with Crippen LogP contribution >= 0.6 is 11.6 Å². The Morgan fingerprint density at radius 1 is 1.00 bits per heavy atom. The first kappa shape index (κ1) is 21.7. The van der Waals surface area contributed by atoms with Gasteiger partial charge in [-0.15, -0.1) is 0 Å². The fourth-order valence-corrected chi connectivity index (χ4v) is 4.81. The topological polar surface area (TPSA) is 61.9 Å². The van der Waals surface area contributed by atoms with E-state index in [-0.39, 0.29) is 17.4 Å². The second-order valence-electron chi connectivity index (χ2n) is 8.80. The molecule has 0 bridgehead atoms. The number of hydrogen-bond acceptors (Lipinski definition) is 3. The highest BCUT2D eigenvalue weighted by Gasteiger charge is 2.49. The third-order valence-electron chi connectivity index (χ3n) is 6.54. The summed E-state index contributed by atoms with van der Waals surface area (Å²) in [7, 11) is 0. The number of halogens is 1. The Balaban J connectivity index is 1.41. The van der Waals surface area contributed by atoms with Crippen molar-refractivity contribution in [1.82, 2.24) is 0 Å². The van der Waals surface area contributed by atoms with Gasteiger partial charge in [-0.25, -0.2) is 0 Å². The molecule has 2 aliphatic heterocycles. The largest absolute Gasteiger partial charge is 0.364 e. The quantitative estimate of drug-likeness (QED) is 0.497. The van der Waals surface area contributed by atoms with E-state index in [9.17, 15) is 9.59 Å².